The topological polar surface area (TPSA) is 63.2 Å². The van der Waals surface area contributed by atoms with Gasteiger partial charge in [0.05, 0.1) is 0 Å². The number of aryl methyl sites for hydroxylation is 2. The van der Waals surface area contributed by atoms with E-state index < -0.39 is 22.8 Å². The standard InChI is InChI=1S/C32H39N3O3/c1-29(2,3)38-28(36)33-27-34-32-26-17-22(12-11-21-9-10-21)13-14-25(26)18-30(32)16-15-23-7-5-6-8-24(23)19-31(30,32)37-20-35(27)4/h5-8,13-14,17,21H,9-12,15-16,18-20H2,1-4H3,(H,33,34,36). The highest BCUT2D eigenvalue weighted by atomic mass is 16.6. The van der Waals surface area contributed by atoms with Crippen LogP contribution in [0, 0.1) is 11.3 Å². The molecule has 2 fully saturated rings. The fraction of sp³-hybridized carbons (Fsp3) is 0.562. The normalized spacial score (nSPS) is 30.9. The largest absolute Gasteiger partial charge is 0.444 e. The van der Waals surface area contributed by atoms with E-state index in [-0.39, 0.29) is 5.41 Å². The average Bonchev–Trinajstić information content (AvgIpc) is 3.74. The molecular weight excluding hydrogens is 474 g/mol. The van der Waals surface area contributed by atoms with Crippen LogP contribution in [0.5, 0.6) is 0 Å². The number of guanidine groups is 1. The van der Waals surface area contributed by atoms with E-state index in [9.17, 15) is 4.79 Å². The van der Waals surface area contributed by atoms with E-state index >= 15 is 0 Å². The number of amides is 1. The van der Waals surface area contributed by atoms with Crippen LogP contribution in [0.3, 0.4) is 0 Å². The summed E-state index contributed by atoms with van der Waals surface area (Å²) in [4.78, 5) is 20.3. The van der Waals surface area contributed by atoms with E-state index in [2.05, 4.69) is 47.8 Å². The quantitative estimate of drug-likeness (QED) is 0.588. The first kappa shape index (κ1) is 24.2. The van der Waals surface area contributed by atoms with Crippen molar-refractivity contribution in [3.05, 3.63) is 70.3 Å². The van der Waals surface area contributed by atoms with Crippen LogP contribution in [-0.4, -0.2) is 41.9 Å². The molecule has 2 aromatic rings. The number of hydrogen-bond acceptors (Lipinski definition) is 5. The third-order valence-electron chi connectivity index (χ3n) is 9.71. The van der Waals surface area contributed by atoms with Gasteiger partial charge in [0, 0.05) is 18.9 Å². The summed E-state index contributed by atoms with van der Waals surface area (Å²) in [6.45, 7) is 6.01. The number of aliphatic imine (C=N–C) groups is 1. The maximum Gasteiger partial charge on any atom is 0.414 e. The summed E-state index contributed by atoms with van der Waals surface area (Å²) < 4.78 is 12.6. The van der Waals surface area contributed by atoms with Crippen molar-refractivity contribution >= 4 is 12.1 Å². The van der Waals surface area contributed by atoms with Gasteiger partial charge in [-0.25, -0.2) is 9.79 Å². The van der Waals surface area contributed by atoms with Gasteiger partial charge in [-0.05, 0) is 86.6 Å². The van der Waals surface area contributed by atoms with Crippen molar-refractivity contribution in [1.82, 2.24) is 10.2 Å². The fourth-order valence-electron chi connectivity index (χ4n) is 7.77. The SMILES string of the molecule is CN1COC23Cc4ccccc4CCC24Cc2ccc(CCC5CC5)cc2C43N=C1NC(=O)OC(C)(C)C. The van der Waals surface area contributed by atoms with Crippen LogP contribution in [0.1, 0.15) is 74.3 Å². The molecular formula is C32H39N3O3. The number of carbonyl (C=O) groups is 1. The Balaban J connectivity index is 1.35. The lowest BCUT2D eigenvalue weighted by atomic mass is 9.88. The van der Waals surface area contributed by atoms with E-state index in [4.69, 9.17) is 14.5 Å². The lowest BCUT2D eigenvalue weighted by molar-refractivity contribution is -0.0393. The van der Waals surface area contributed by atoms with Crippen molar-refractivity contribution in [3.63, 3.8) is 0 Å². The molecule has 2 aromatic carbocycles. The molecule has 7 rings (SSSR count). The van der Waals surface area contributed by atoms with Gasteiger partial charge in [-0.3, -0.25) is 5.32 Å². The Hall–Kier alpha value is -2.86. The van der Waals surface area contributed by atoms with Crippen LogP contribution in [-0.2, 0) is 40.7 Å². The van der Waals surface area contributed by atoms with Crippen LogP contribution in [0.2, 0.25) is 0 Å². The van der Waals surface area contributed by atoms with Crippen LogP contribution >= 0.6 is 0 Å². The number of fused-ring (bicyclic) bond motifs is 2. The summed E-state index contributed by atoms with van der Waals surface area (Å²) in [6.07, 6.45) is 8.50. The number of nitrogens with zero attached hydrogens (tertiary/aromatic N) is 2. The molecule has 4 aliphatic carbocycles. The molecule has 38 heavy (non-hydrogen) atoms. The molecule has 0 bridgehead atoms. The summed E-state index contributed by atoms with van der Waals surface area (Å²) in [5.41, 5.74) is 5.22. The van der Waals surface area contributed by atoms with E-state index in [0.717, 1.165) is 38.0 Å². The number of carbonyl (C=O) groups excluding carboxylic acids is 1. The van der Waals surface area contributed by atoms with Gasteiger partial charge in [0.15, 0.2) is 0 Å². The summed E-state index contributed by atoms with van der Waals surface area (Å²) >= 11 is 0. The molecule has 2 saturated carbocycles. The zero-order valence-electron chi connectivity index (χ0n) is 23.1. The Labute approximate surface area is 225 Å². The molecule has 3 spiro atoms. The van der Waals surface area contributed by atoms with Crippen LogP contribution in [0.15, 0.2) is 47.5 Å². The lowest BCUT2D eigenvalue weighted by Crippen LogP contribution is -2.45. The lowest BCUT2D eigenvalue weighted by Gasteiger charge is -2.28. The third kappa shape index (κ3) is 3.41. The third-order valence-corrected chi connectivity index (χ3v) is 9.71. The van der Waals surface area contributed by atoms with Gasteiger partial charge in [0.25, 0.3) is 0 Å². The van der Waals surface area contributed by atoms with E-state index in [1.165, 1.54) is 47.1 Å². The van der Waals surface area contributed by atoms with Gasteiger partial charge in [-0.1, -0.05) is 55.3 Å². The predicted octanol–water partition coefficient (Wildman–Crippen LogP) is 5.51. The number of alkyl carbamates (subject to hydrolysis) is 1. The monoisotopic (exact) mass is 513 g/mol. The summed E-state index contributed by atoms with van der Waals surface area (Å²) in [6, 6.07) is 15.9. The van der Waals surface area contributed by atoms with Crippen LogP contribution < -0.4 is 5.32 Å². The Morgan fingerprint density at radius 2 is 1.92 bits per heavy atom. The first-order valence-corrected chi connectivity index (χ1v) is 14.3. The minimum atomic E-state index is -0.587. The maximum atomic E-state index is 12.9. The Morgan fingerprint density at radius 3 is 2.68 bits per heavy atom. The molecule has 3 unspecified atom stereocenters. The minimum Gasteiger partial charge on any atom is -0.444 e. The van der Waals surface area contributed by atoms with Gasteiger partial charge >= 0.3 is 6.09 Å². The van der Waals surface area contributed by atoms with Gasteiger partial charge in [-0.15, -0.1) is 0 Å². The number of hydrogen-bond donors (Lipinski definition) is 1. The van der Waals surface area contributed by atoms with E-state index in [0.29, 0.717) is 12.7 Å². The predicted molar refractivity (Wildman–Crippen MR) is 147 cm³/mol. The minimum absolute atomic E-state index is 0.126. The number of ether oxygens (including phenoxy) is 2. The van der Waals surface area contributed by atoms with Gasteiger partial charge in [0.1, 0.15) is 23.5 Å². The van der Waals surface area contributed by atoms with E-state index in [1.54, 1.807) is 0 Å². The van der Waals surface area contributed by atoms with Crippen molar-refractivity contribution in [1.29, 1.82) is 0 Å². The first-order valence-electron chi connectivity index (χ1n) is 14.3. The smallest absolute Gasteiger partial charge is 0.414 e. The number of benzene rings is 2. The second-order valence-corrected chi connectivity index (χ2v) is 13.2. The Kier molecular flexibility index (Phi) is 5.14. The molecule has 6 heteroatoms. The van der Waals surface area contributed by atoms with Crippen molar-refractivity contribution in [2.24, 2.45) is 16.3 Å². The molecule has 5 aliphatic rings. The van der Waals surface area contributed by atoms with Crippen LogP contribution in [0.25, 0.3) is 0 Å². The summed E-state index contributed by atoms with van der Waals surface area (Å²) in [5.74, 6) is 1.44. The average molecular weight is 514 g/mol. The number of rotatable bonds is 3. The second kappa shape index (κ2) is 8.08. The molecule has 1 N–H and O–H groups in total. The van der Waals surface area contributed by atoms with Gasteiger partial charge < -0.3 is 14.4 Å². The first-order chi connectivity index (χ1) is 18.2. The summed E-state index contributed by atoms with van der Waals surface area (Å²) in [7, 11) is 1.93. The maximum absolute atomic E-state index is 12.9. The summed E-state index contributed by atoms with van der Waals surface area (Å²) in [5, 5.41) is 3.00. The Bertz CT molecular complexity index is 1340. The van der Waals surface area contributed by atoms with Crippen molar-refractivity contribution in [2.45, 2.75) is 88.9 Å². The molecule has 1 aliphatic heterocycles. The van der Waals surface area contributed by atoms with E-state index in [1.807, 2.05) is 32.7 Å². The van der Waals surface area contributed by atoms with Crippen LogP contribution in [0.4, 0.5) is 4.79 Å². The van der Waals surface area contributed by atoms with Crippen molar-refractivity contribution in [2.75, 3.05) is 13.8 Å². The molecule has 3 atom stereocenters. The fourth-order valence-corrected chi connectivity index (χ4v) is 7.77. The number of nitrogens with one attached hydrogen (secondary N) is 1. The molecule has 0 radical (unpaired) electrons. The molecule has 1 amide bonds. The molecule has 200 valence electrons. The second-order valence-electron chi connectivity index (χ2n) is 13.2. The highest BCUT2D eigenvalue weighted by molar-refractivity contribution is 5.95. The van der Waals surface area contributed by atoms with Gasteiger partial charge in [-0.2, -0.15) is 0 Å². The zero-order chi connectivity index (χ0) is 26.3. The Morgan fingerprint density at radius 1 is 1.13 bits per heavy atom. The van der Waals surface area contributed by atoms with Crippen molar-refractivity contribution in [3.8, 4) is 0 Å². The highest BCUT2D eigenvalue weighted by Gasteiger charge is 2.92. The highest BCUT2D eigenvalue weighted by Crippen LogP contribution is 2.83. The van der Waals surface area contributed by atoms with Crippen molar-refractivity contribution < 1.29 is 14.3 Å². The molecule has 0 aromatic heterocycles. The van der Waals surface area contributed by atoms with Gasteiger partial charge in [0.2, 0.25) is 5.96 Å². The zero-order valence-corrected chi connectivity index (χ0v) is 23.1. The molecule has 6 nitrogen and oxygen atoms in total. The molecule has 0 saturated heterocycles. The molecule has 1 heterocycles.